The molecule has 1 saturated heterocycles. The van der Waals surface area contributed by atoms with Crippen molar-refractivity contribution in [2.75, 3.05) is 27.2 Å². The highest BCUT2D eigenvalue weighted by atomic mass is 35.5. The monoisotopic (exact) mass is 282 g/mol. The van der Waals surface area contributed by atoms with Gasteiger partial charge in [0.1, 0.15) is 5.75 Å². The third-order valence-corrected chi connectivity index (χ3v) is 3.77. The Morgan fingerprint density at radius 3 is 2.95 bits per heavy atom. The minimum absolute atomic E-state index is 0.0481. The number of carbonyl (C=O) groups is 1. The average Bonchev–Trinajstić information content (AvgIpc) is 2.46. The van der Waals surface area contributed by atoms with Gasteiger partial charge in [-0.3, -0.25) is 4.79 Å². The maximum atomic E-state index is 12.5. The first-order chi connectivity index (χ1) is 9.13. The van der Waals surface area contributed by atoms with E-state index >= 15 is 0 Å². The lowest BCUT2D eigenvalue weighted by molar-refractivity contribution is 0.0705. The Hall–Kier alpha value is -1.26. The lowest BCUT2D eigenvalue weighted by Crippen LogP contribution is -2.46. The zero-order chi connectivity index (χ0) is 13.8. The minimum Gasteiger partial charge on any atom is -0.496 e. The van der Waals surface area contributed by atoms with E-state index in [4.69, 9.17) is 16.3 Å². The number of ether oxygens (including phenoxy) is 1. The van der Waals surface area contributed by atoms with Crippen LogP contribution in [0.15, 0.2) is 18.2 Å². The Balaban J connectivity index is 2.20. The van der Waals surface area contributed by atoms with Crippen molar-refractivity contribution in [1.82, 2.24) is 10.2 Å². The van der Waals surface area contributed by atoms with E-state index in [0.717, 1.165) is 25.9 Å². The molecule has 1 heterocycles. The Morgan fingerprint density at radius 2 is 2.32 bits per heavy atom. The molecule has 5 heteroatoms. The second-order valence-corrected chi connectivity index (χ2v) is 5.20. The van der Waals surface area contributed by atoms with Crippen LogP contribution in [0.2, 0.25) is 5.02 Å². The Labute approximate surface area is 118 Å². The second kappa shape index (κ2) is 6.26. The van der Waals surface area contributed by atoms with E-state index in [-0.39, 0.29) is 11.9 Å². The van der Waals surface area contributed by atoms with Gasteiger partial charge >= 0.3 is 0 Å². The maximum Gasteiger partial charge on any atom is 0.257 e. The summed E-state index contributed by atoms with van der Waals surface area (Å²) in [5.74, 6) is 0.512. The number of methoxy groups -OCH3 is 1. The van der Waals surface area contributed by atoms with Crippen molar-refractivity contribution >= 4 is 17.5 Å². The molecule has 1 aliphatic rings. The van der Waals surface area contributed by atoms with Crippen molar-refractivity contribution in [1.29, 1.82) is 0 Å². The van der Waals surface area contributed by atoms with Crippen LogP contribution in [0.5, 0.6) is 5.75 Å². The van der Waals surface area contributed by atoms with E-state index < -0.39 is 0 Å². The summed E-state index contributed by atoms with van der Waals surface area (Å²) in [6.45, 7) is 1.87. The number of amides is 1. The molecular weight excluding hydrogens is 264 g/mol. The summed E-state index contributed by atoms with van der Waals surface area (Å²) in [6, 6.07) is 5.34. The van der Waals surface area contributed by atoms with Crippen LogP contribution in [0, 0.1) is 0 Å². The first-order valence-corrected chi connectivity index (χ1v) is 6.82. The number of nitrogens with zero attached hydrogens (tertiary/aromatic N) is 1. The van der Waals surface area contributed by atoms with Gasteiger partial charge in [0, 0.05) is 24.7 Å². The SMILES string of the molecule is COc1ccc(Cl)cc1C(=O)N(C)C1CCCNC1. The van der Waals surface area contributed by atoms with E-state index in [0.29, 0.717) is 16.3 Å². The van der Waals surface area contributed by atoms with Crippen LogP contribution in [0.25, 0.3) is 0 Å². The number of rotatable bonds is 3. The van der Waals surface area contributed by atoms with Crippen LogP contribution in [-0.2, 0) is 0 Å². The van der Waals surface area contributed by atoms with Gasteiger partial charge in [0.05, 0.1) is 12.7 Å². The second-order valence-electron chi connectivity index (χ2n) is 4.76. The number of nitrogens with one attached hydrogen (secondary N) is 1. The van der Waals surface area contributed by atoms with Crippen LogP contribution in [-0.4, -0.2) is 44.1 Å². The molecule has 0 bridgehead atoms. The third kappa shape index (κ3) is 3.19. The molecule has 1 unspecified atom stereocenters. The Bertz CT molecular complexity index is 459. The fourth-order valence-corrected chi connectivity index (χ4v) is 2.54. The molecule has 1 N–H and O–H groups in total. The molecule has 1 aliphatic heterocycles. The maximum absolute atomic E-state index is 12.5. The zero-order valence-electron chi connectivity index (χ0n) is 11.3. The number of carbonyl (C=O) groups excluding carboxylic acids is 1. The van der Waals surface area contributed by atoms with Gasteiger partial charge in [-0.25, -0.2) is 0 Å². The number of hydrogen-bond donors (Lipinski definition) is 1. The topological polar surface area (TPSA) is 41.6 Å². The highest BCUT2D eigenvalue weighted by Crippen LogP contribution is 2.25. The lowest BCUT2D eigenvalue weighted by Gasteiger charge is -2.32. The summed E-state index contributed by atoms with van der Waals surface area (Å²) >= 11 is 5.97. The van der Waals surface area contributed by atoms with Crippen LogP contribution in [0.1, 0.15) is 23.2 Å². The predicted molar refractivity (Wildman–Crippen MR) is 76.0 cm³/mol. The summed E-state index contributed by atoms with van der Waals surface area (Å²) in [5, 5.41) is 3.85. The first-order valence-electron chi connectivity index (χ1n) is 6.45. The van der Waals surface area contributed by atoms with Crippen LogP contribution in [0.3, 0.4) is 0 Å². The average molecular weight is 283 g/mol. The van der Waals surface area contributed by atoms with Gasteiger partial charge in [-0.05, 0) is 37.6 Å². The molecule has 0 radical (unpaired) electrons. The third-order valence-electron chi connectivity index (χ3n) is 3.53. The predicted octanol–water partition coefficient (Wildman–Crippen LogP) is 2.17. The molecule has 0 saturated carbocycles. The smallest absolute Gasteiger partial charge is 0.257 e. The fraction of sp³-hybridized carbons (Fsp3) is 0.500. The Morgan fingerprint density at radius 1 is 1.53 bits per heavy atom. The summed E-state index contributed by atoms with van der Waals surface area (Å²) in [5.41, 5.74) is 0.517. The van der Waals surface area contributed by atoms with Crippen LogP contribution < -0.4 is 10.1 Å². The number of piperidine rings is 1. The number of likely N-dealkylation sites (N-methyl/N-ethyl adjacent to an activating group) is 1. The van der Waals surface area contributed by atoms with E-state index in [1.165, 1.54) is 0 Å². The molecule has 1 atom stereocenters. The van der Waals surface area contributed by atoms with Crippen molar-refractivity contribution in [3.8, 4) is 5.75 Å². The molecule has 104 valence electrons. The first kappa shape index (κ1) is 14.2. The van der Waals surface area contributed by atoms with Crippen molar-refractivity contribution in [3.63, 3.8) is 0 Å². The quantitative estimate of drug-likeness (QED) is 0.924. The van der Waals surface area contributed by atoms with Gasteiger partial charge in [-0.15, -0.1) is 0 Å². The van der Waals surface area contributed by atoms with Gasteiger partial charge in [0.15, 0.2) is 0 Å². The highest BCUT2D eigenvalue weighted by molar-refractivity contribution is 6.31. The molecule has 0 spiro atoms. The zero-order valence-corrected chi connectivity index (χ0v) is 12.0. The van der Waals surface area contributed by atoms with Gasteiger partial charge in [-0.2, -0.15) is 0 Å². The van der Waals surface area contributed by atoms with Crippen LogP contribution >= 0.6 is 11.6 Å². The van der Waals surface area contributed by atoms with E-state index in [9.17, 15) is 4.79 Å². The molecule has 0 aliphatic carbocycles. The largest absolute Gasteiger partial charge is 0.496 e. The van der Waals surface area contributed by atoms with Gasteiger partial charge < -0.3 is 15.0 Å². The van der Waals surface area contributed by atoms with Crippen molar-refractivity contribution in [3.05, 3.63) is 28.8 Å². The molecule has 1 amide bonds. The van der Waals surface area contributed by atoms with E-state index in [2.05, 4.69) is 5.32 Å². The van der Waals surface area contributed by atoms with Crippen LogP contribution in [0.4, 0.5) is 0 Å². The lowest BCUT2D eigenvalue weighted by atomic mass is 10.0. The van der Waals surface area contributed by atoms with Crippen molar-refractivity contribution in [2.45, 2.75) is 18.9 Å². The molecular formula is C14H19ClN2O2. The van der Waals surface area contributed by atoms with Gasteiger partial charge in [-0.1, -0.05) is 11.6 Å². The summed E-state index contributed by atoms with van der Waals surface area (Å²) in [7, 11) is 3.39. The van der Waals surface area contributed by atoms with Gasteiger partial charge in [0.25, 0.3) is 5.91 Å². The molecule has 0 aromatic heterocycles. The number of hydrogen-bond acceptors (Lipinski definition) is 3. The highest BCUT2D eigenvalue weighted by Gasteiger charge is 2.24. The Kier molecular flexibility index (Phi) is 4.66. The van der Waals surface area contributed by atoms with Crippen molar-refractivity contribution in [2.24, 2.45) is 0 Å². The molecule has 4 nitrogen and oxygen atoms in total. The van der Waals surface area contributed by atoms with Gasteiger partial charge in [0.2, 0.25) is 0 Å². The van der Waals surface area contributed by atoms with E-state index in [1.807, 2.05) is 7.05 Å². The normalized spacial score (nSPS) is 19.0. The summed E-state index contributed by atoms with van der Waals surface area (Å²) in [6.07, 6.45) is 2.12. The molecule has 1 fully saturated rings. The fourth-order valence-electron chi connectivity index (χ4n) is 2.37. The van der Waals surface area contributed by atoms with Crippen molar-refractivity contribution < 1.29 is 9.53 Å². The minimum atomic E-state index is -0.0481. The molecule has 19 heavy (non-hydrogen) atoms. The molecule has 1 aromatic rings. The summed E-state index contributed by atoms with van der Waals surface area (Å²) in [4.78, 5) is 14.3. The number of halogens is 1. The molecule has 2 rings (SSSR count). The summed E-state index contributed by atoms with van der Waals surface area (Å²) < 4.78 is 5.24. The van der Waals surface area contributed by atoms with E-state index in [1.54, 1.807) is 30.2 Å². The molecule has 1 aromatic carbocycles. The standard InChI is InChI=1S/C14H19ClN2O2/c1-17(11-4-3-7-16-9-11)14(18)12-8-10(15)5-6-13(12)19-2/h5-6,8,11,16H,3-4,7,9H2,1-2H3. The number of benzene rings is 1.